The summed E-state index contributed by atoms with van der Waals surface area (Å²) < 4.78 is 0. The molecule has 0 N–H and O–H groups in total. The van der Waals surface area contributed by atoms with Crippen LogP contribution in [0.1, 0.15) is 30.8 Å². The second kappa shape index (κ2) is 5.92. The molecule has 0 aliphatic carbocycles. The zero-order valence-corrected chi connectivity index (χ0v) is 9.73. The number of carbonyl (C=O) groups excluding carboxylic acids is 1. The number of nitrogens with zero attached hydrogens (tertiary/aromatic N) is 2. The molecule has 0 radical (unpaired) electrons. The van der Waals surface area contributed by atoms with Crippen molar-refractivity contribution < 1.29 is 4.79 Å². The molecule has 1 aromatic rings. The van der Waals surface area contributed by atoms with Gasteiger partial charge in [0.2, 0.25) is 0 Å². The number of pyridine rings is 1. The maximum Gasteiger partial charge on any atom is 0.180 e. The molecule has 16 heavy (non-hydrogen) atoms. The van der Waals surface area contributed by atoms with Crippen LogP contribution in [0, 0.1) is 12.3 Å². The predicted octanol–water partition coefficient (Wildman–Crippen LogP) is 2.13. The summed E-state index contributed by atoms with van der Waals surface area (Å²) in [5.41, 5.74) is 1.47. The highest BCUT2D eigenvalue weighted by atomic mass is 16.1. The molecule has 3 heteroatoms. The molecule has 0 saturated carbocycles. The molecule has 0 aliphatic heterocycles. The van der Waals surface area contributed by atoms with Gasteiger partial charge in [0.05, 0.1) is 18.4 Å². The molecular formula is C13H16N2O. The Morgan fingerprint density at radius 2 is 2.25 bits per heavy atom. The average Bonchev–Trinajstić information content (AvgIpc) is 2.35. The Kier molecular flexibility index (Phi) is 4.53. The number of Topliss-reactive ketones (excluding diaryl/α,β-unsaturated/α-hetero) is 1. The lowest BCUT2D eigenvalue weighted by molar-refractivity contribution is 0.0983. The zero-order chi connectivity index (χ0) is 12.0. The van der Waals surface area contributed by atoms with E-state index in [1.807, 2.05) is 24.8 Å². The van der Waals surface area contributed by atoms with E-state index >= 15 is 0 Å². The molecule has 3 nitrogen and oxygen atoms in total. The van der Waals surface area contributed by atoms with Gasteiger partial charge in [0.15, 0.2) is 5.78 Å². The van der Waals surface area contributed by atoms with Gasteiger partial charge in [0.25, 0.3) is 0 Å². The Morgan fingerprint density at radius 3 is 2.69 bits per heavy atom. The Morgan fingerprint density at radius 1 is 1.50 bits per heavy atom. The highest BCUT2D eigenvalue weighted by Crippen LogP contribution is 2.13. The molecule has 0 bridgehead atoms. The summed E-state index contributed by atoms with van der Waals surface area (Å²) in [5, 5.41) is 0. The summed E-state index contributed by atoms with van der Waals surface area (Å²) in [6, 6.07) is 3.64. The second-order valence-electron chi connectivity index (χ2n) is 3.40. The lowest BCUT2D eigenvalue weighted by atomic mass is 10.2. The molecule has 0 fully saturated rings. The van der Waals surface area contributed by atoms with Gasteiger partial charge in [-0.25, -0.2) is 0 Å². The lowest BCUT2D eigenvalue weighted by Gasteiger charge is -2.19. The van der Waals surface area contributed by atoms with Crippen LogP contribution in [0.15, 0.2) is 18.3 Å². The summed E-state index contributed by atoms with van der Waals surface area (Å²) in [7, 11) is 0. The lowest BCUT2D eigenvalue weighted by Crippen LogP contribution is -2.23. The van der Waals surface area contributed by atoms with Crippen molar-refractivity contribution in [3.8, 4) is 12.3 Å². The average molecular weight is 216 g/mol. The first-order valence-corrected chi connectivity index (χ1v) is 5.40. The van der Waals surface area contributed by atoms with Crippen molar-refractivity contribution in [2.75, 3.05) is 18.0 Å². The number of rotatable bonds is 5. The third-order valence-electron chi connectivity index (χ3n) is 2.38. The van der Waals surface area contributed by atoms with E-state index in [9.17, 15) is 4.79 Å². The molecule has 0 aromatic carbocycles. The van der Waals surface area contributed by atoms with Gasteiger partial charge in [0, 0.05) is 13.0 Å². The van der Waals surface area contributed by atoms with E-state index in [1.54, 1.807) is 12.3 Å². The topological polar surface area (TPSA) is 33.2 Å². The second-order valence-corrected chi connectivity index (χ2v) is 3.40. The Bertz CT molecular complexity index is 389. The van der Waals surface area contributed by atoms with Crippen molar-refractivity contribution in [2.24, 2.45) is 0 Å². The van der Waals surface area contributed by atoms with Crippen molar-refractivity contribution in [1.29, 1.82) is 0 Å². The zero-order valence-electron chi connectivity index (χ0n) is 9.73. The molecule has 0 amide bonds. The quantitative estimate of drug-likeness (QED) is 0.558. The van der Waals surface area contributed by atoms with Gasteiger partial charge in [-0.1, -0.05) is 12.8 Å². The third-order valence-corrected chi connectivity index (χ3v) is 2.38. The normalized spacial score (nSPS) is 9.56. The molecule has 1 heterocycles. The standard InChI is InChI=1S/C13H16N2O/c1-4-9-15(6-3)11-7-8-12(14-10-11)13(16)5-2/h1,7-8,10H,5-6,9H2,2-3H3. The van der Waals surface area contributed by atoms with Gasteiger partial charge in [0.1, 0.15) is 5.69 Å². The van der Waals surface area contributed by atoms with E-state index in [0.717, 1.165) is 12.2 Å². The molecule has 0 unspecified atom stereocenters. The van der Waals surface area contributed by atoms with Gasteiger partial charge in [-0.3, -0.25) is 9.78 Å². The highest BCUT2D eigenvalue weighted by Gasteiger charge is 2.06. The summed E-state index contributed by atoms with van der Waals surface area (Å²) in [4.78, 5) is 17.5. The van der Waals surface area contributed by atoms with Crippen LogP contribution in [0.3, 0.4) is 0 Å². The van der Waals surface area contributed by atoms with E-state index in [4.69, 9.17) is 6.42 Å². The third kappa shape index (κ3) is 2.83. The molecule has 0 saturated heterocycles. The van der Waals surface area contributed by atoms with Crippen LogP contribution in [0.25, 0.3) is 0 Å². The monoisotopic (exact) mass is 216 g/mol. The van der Waals surface area contributed by atoms with E-state index in [2.05, 4.69) is 10.9 Å². The van der Waals surface area contributed by atoms with Crippen molar-refractivity contribution in [3.63, 3.8) is 0 Å². The van der Waals surface area contributed by atoms with Crippen LogP contribution in [-0.4, -0.2) is 23.9 Å². The van der Waals surface area contributed by atoms with Gasteiger partial charge < -0.3 is 4.90 Å². The number of carbonyl (C=O) groups is 1. The fourth-order valence-electron chi connectivity index (χ4n) is 1.42. The minimum atomic E-state index is 0.0616. The number of hydrogen-bond acceptors (Lipinski definition) is 3. The Hall–Kier alpha value is -1.82. The maximum absolute atomic E-state index is 11.4. The first kappa shape index (κ1) is 12.3. The van der Waals surface area contributed by atoms with Crippen LogP contribution >= 0.6 is 0 Å². The van der Waals surface area contributed by atoms with Crippen LogP contribution in [0.2, 0.25) is 0 Å². The van der Waals surface area contributed by atoms with E-state index in [0.29, 0.717) is 18.7 Å². The van der Waals surface area contributed by atoms with Crippen LogP contribution in [0.4, 0.5) is 5.69 Å². The molecule has 0 atom stereocenters. The summed E-state index contributed by atoms with van der Waals surface area (Å²) in [5.74, 6) is 2.66. The first-order chi connectivity index (χ1) is 7.72. The summed E-state index contributed by atoms with van der Waals surface area (Å²) in [6.45, 7) is 5.24. The fourth-order valence-corrected chi connectivity index (χ4v) is 1.42. The number of anilines is 1. The predicted molar refractivity (Wildman–Crippen MR) is 65.6 cm³/mol. The van der Waals surface area contributed by atoms with Gasteiger partial charge >= 0.3 is 0 Å². The van der Waals surface area contributed by atoms with Crippen molar-refractivity contribution in [2.45, 2.75) is 20.3 Å². The maximum atomic E-state index is 11.4. The Balaban J connectivity index is 2.85. The van der Waals surface area contributed by atoms with Crippen LogP contribution in [0.5, 0.6) is 0 Å². The molecule has 84 valence electrons. The smallest absolute Gasteiger partial charge is 0.180 e. The summed E-state index contributed by atoms with van der Waals surface area (Å²) in [6.07, 6.45) is 7.45. The number of aromatic nitrogens is 1. The Labute approximate surface area is 96.5 Å². The molecule has 0 aliphatic rings. The van der Waals surface area contributed by atoms with Gasteiger partial charge in [-0.05, 0) is 19.1 Å². The number of ketones is 1. The van der Waals surface area contributed by atoms with Crippen LogP contribution < -0.4 is 4.90 Å². The SMILES string of the molecule is C#CCN(CC)c1ccc(C(=O)CC)nc1. The number of hydrogen-bond donors (Lipinski definition) is 0. The minimum absolute atomic E-state index is 0.0616. The van der Waals surface area contributed by atoms with E-state index in [1.165, 1.54) is 0 Å². The van der Waals surface area contributed by atoms with Gasteiger partial charge in [-0.2, -0.15) is 0 Å². The summed E-state index contributed by atoms with van der Waals surface area (Å²) >= 11 is 0. The van der Waals surface area contributed by atoms with Crippen molar-refractivity contribution >= 4 is 11.5 Å². The van der Waals surface area contributed by atoms with E-state index in [-0.39, 0.29) is 5.78 Å². The largest absolute Gasteiger partial charge is 0.359 e. The van der Waals surface area contributed by atoms with E-state index < -0.39 is 0 Å². The molecule has 1 aromatic heterocycles. The van der Waals surface area contributed by atoms with Crippen molar-refractivity contribution in [1.82, 2.24) is 4.98 Å². The van der Waals surface area contributed by atoms with Gasteiger partial charge in [-0.15, -0.1) is 6.42 Å². The molecule has 1 rings (SSSR count). The van der Waals surface area contributed by atoms with Crippen molar-refractivity contribution in [3.05, 3.63) is 24.0 Å². The minimum Gasteiger partial charge on any atom is -0.359 e. The fraction of sp³-hybridized carbons (Fsp3) is 0.385. The highest BCUT2D eigenvalue weighted by molar-refractivity contribution is 5.94. The first-order valence-electron chi connectivity index (χ1n) is 5.40. The molecule has 0 spiro atoms. The number of terminal acetylenes is 1. The van der Waals surface area contributed by atoms with Crippen LogP contribution in [-0.2, 0) is 0 Å². The molecular weight excluding hydrogens is 200 g/mol.